The Morgan fingerprint density at radius 2 is 1.94 bits per heavy atom. The summed E-state index contributed by atoms with van der Waals surface area (Å²) in [5.74, 6) is -3.08. The zero-order valence-corrected chi connectivity index (χ0v) is 18.4. The summed E-state index contributed by atoms with van der Waals surface area (Å²) in [5.41, 5.74) is 1.33. The Bertz CT molecular complexity index is 1230. The molecule has 0 unspecified atom stereocenters. The van der Waals surface area contributed by atoms with Gasteiger partial charge in [-0.15, -0.1) is 11.3 Å². The second-order valence-corrected chi connectivity index (χ2v) is 8.65. The lowest BCUT2D eigenvalue weighted by atomic mass is 9.96. The van der Waals surface area contributed by atoms with E-state index in [0.29, 0.717) is 28.1 Å². The molecule has 0 radical (unpaired) electrons. The molecule has 3 N–H and O–H groups in total. The van der Waals surface area contributed by atoms with E-state index < -0.39 is 17.9 Å². The third-order valence-corrected chi connectivity index (χ3v) is 6.28. The van der Waals surface area contributed by atoms with Crippen LogP contribution in [-0.4, -0.2) is 45.0 Å². The summed E-state index contributed by atoms with van der Waals surface area (Å²) in [6, 6.07) is 8.91. The number of aryl methyl sites for hydroxylation is 1. The molecule has 0 amide bonds. The Morgan fingerprint density at radius 1 is 1.19 bits per heavy atom. The van der Waals surface area contributed by atoms with Gasteiger partial charge in [-0.2, -0.15) is 0 Å². The number of H-pyrrole nitrogens is 1. The Morgan fingerprint density at radius 3 is 2.62 bits per heavy atom. The van der Waals surface area contributed by atoms with E-state index in [0.717, 1.165) is 10.6 Å². The molecule has 2 heterocycles. The Balaban J connectivity index is 1.70. The summed E-state index contributed by atoms with van der Waals surface area (Å²) in [6.45, 7) is 2.22. The predicted octanol–water partition coefficient (Wildman–Crippen LogP) is 3.07. The Labute approximate surface area is 187 Å². The number of carbonyl (C=O) groups is 3. The molecule has 0 fully saturated rings. The van der Waals surface area contributed by atoms with Crippen LogP contribution in [0.2, 0.25) is 0 Å². The van der Waals surface area contributed by atoms with Crippen LogP contribution < -0.4 is 10.5 Å². The molecule has 0 aliphatic heterocycles. The molecule has 32 heavy (non-hydrogen) atoms. The zero-order chi connectivity index (χ0) is 23.4. The average Bonchev–Trinajstić information content (AvgIpc) is 3.21. The molecule has 1 atom stereocenters. The third kappa shape index (κ3) is 5.58. The maximum absolute atomic E-state index is 12.5. The SMILES string of the molecule is Cc1nc2ccc(CN(C)c3ccc(C(=O)C[C@@H](CCC(=O)O)C(=O)O)s3)cc2c(=O)[nH]1. The van der Waals surface area contributed by atoms with Gasteiger partial charge in [0.25, 0.3) is 5.56 Å². The minimum absolute atomic E-state index is 0.0932. The van der Waals surface area contributed by atoms with Gasteiger partial charge < -0.3 is 20.1 Å². The zero-order valence-electron chi connectivity index (χ0n) is 17.6. The van der Waals surface area contributed by atoms with Gasteiger partial charge in [-0.05, 0) is 43.2 Å². The van der Waals surface area contributed by atoms with E-state index in [1.165, 1.54) is 11.3 Å². The summed E-state index contributed by atoms with van der Waals surface area (Å²) < 4.78 is 0. The lowest BCUT2D eigenvalue weighted by Crippen LogP contribution is -2.19. The van der Waals surface area contributed by atoms with Crippen LogP contribution in [0.5, 0.6) is 0 Å². The highest BCUT2D eigenvalue weighted by Crippen LogP contribution is 2.29. The summed E-state index contributed by atoms with van der Waals surface area (Å²) in [4.78, 5) is 56.2. The van der Waals surface area contributed by atoms with E-state index in [4.69, 9.17) is 5.11 Å². The predicted molar refractivity (Wildman–Crippen MR) is 120 cm³/mol. The van der Waals surface area contributed by atoms with E-state index in [1.807, 2.05) is 18.0 Å². The second-order valence-electron chi connectivity index (χ2n) is 7.59. The Hall–Kier alpha value is -3.53. The number of benzene rings is 1. The molecule has 0 spiro atoms. The van der Waals surface area contributed by atoms with Crippen molar-refractivity contribution in [1.82, 2.24) is 9.97 Å². The number of Topliss-reactive ketones (excluding diaryl/α,β-unsaturated/α-hetero) is 1. The first-order valence-corrected chi connectivity index (χ1v) is 10.7. The molecule has 3 rings (SSSR count). The van der Waals surface area contributed by atoms with Crippen molar-refractivity contribution in [2.24, 2.45) is 5.92 Å². The number of rotatable bonds is 10. The van der Waals surface area contributed by atoms with Crippen LogP contribution in [-0.2, 0) is 16.1 Å². The average molecular weight is 458 g/mol. The molecule has 3 aromatic rings. The maximum atomic E-state index is 12.5. The number of carbonyl (C=O) groups excluding carboxylic acids is 1. The molecule has 2 aromatic heterocycles. The van der Waals surface area contributed by atoms with Crippen LogP contribution in [0.1, 0.15) is 40.3 Å². The van der Waals surface area contributed by atoms with Crippen molar-refractivity contribution in [3.05, 3.63) is 57.0 Å². The number of aromatic nitrogens is 2. The minimum Gasteiger partial charge on any atom is -0.481 e. The highest BCUT2D eigenvalue weighted by Gasteiger charge is 2.24. The van der Waals surface area contributed by atoms with E-state index in [9.17, 15) is 24.3 Å². The quantitative estimate of drug-likeness (QED) is 0.395. The van der Waals surface area contributed by atoms with Crippen LogP contribution >= 0.6 is 11.3 Å². The van der Waals surface area contributed by atoms with Crippen molar-refractivity contribution in [2.45, 2.75) is 32.7 Å². The van der Waals surface area contributed by atoms with Crippen molar-refractivity contribution >= 4 is 45.0 Å². The van der Waals surface area contributed by atoms with Crippen molar-refractivity contribution in [3.63, 3.8) is 0 Å². The highest BCUT2D eigenvalue weighted by atomic mass is 32.1. The molecule has 0 aliphatic carbocycles. The van der Waals surface area contributed by atoms with Gasteiger partial charge in [0.1, 0.15) is 5.82 Å². The number of nitrogens with one attached hydrogen (secondary N) is 1. The van der Waals surface area contributed by atoms with Gasteiger partial charge in [0.2, 0.25) is 0 Å². The molecule has 10 heteroatoms. The van der Waals surface area contributed by atoms with Gasteiger partial charge in [-0.3, -0.25) is 19.2 Å². The number of fused-ring (bicyclic) bond motifs is 1. The summed E-state index contributed by atoms with van der Waals surface area (Å²) >= 11 is 1.24. The highest BCUT2D eigenvalue weighted by molar-refractivity contribution is 7.18. The lowest BCUT2D eigenvalue weighted by Gasteiger charge is -2.17. The topological polar surface area (TPSA) is 141 Å². The van der Waals surface area contributed by atoms with E-state index in [1.54, 1.807) is 31.2 Å². The number of hydrogen-bond donors (Lipinski definition) is 3. The van der Waals surface area contributed by atoms with Crippen molar-refractivity contribution in [1.29, 1.82) is 0 Å². The molecule has 168 valence electrons. The number of aromatic amines is 1. The van der Waals surface area contributed by atoms with Crippen LogP contribution in [0.4, 0.5) is 5.00 Å². The number of thiophene rings is 1. The number of carboxylic acid groups (broad SMARTS) is 2. The second kappa shape index (κ2) is 9.73. The van der Waals surface area contributed by atoms with Gasteiger partial charge in [0.05, 0.1) is 26.7 Å². The Kier molecular flexibility index (Phi) is 7.04. The number of hydrogen-bond acceptors (Lipinski definition) is 7. The van der Waals surface area contributed by atoms with Crippen LogP contribution in [0.3, 0.4) is 0 Å². The van der Waals surface area contributed by atoms with Gasteiger partial charge in [-0.25, -0.2) is 4.98 Å². The molecule has 0 saturated carbocycles. The summed E-state index contributed by atoms with van der Waals surface area (Å²) in [5, 5.41) is 19.3. The fourth-order valence-corrected chi connectivity index (χ4v) is 4.29. The fourth-order valence-electron chi connectivity index (χ4n) is 3.37. The number of ketones is 1. The molecule has 0 saturated heterocycles. The van der Waals surface area contributed by atoms with Crippen LogP contribution in [0, 0.1) is 12.8 Å². The summed E-state index contributed by atoms with van der Waals surface area (Å²) in [6.07, 6.45) is -0.636. The number of carboxylic acids is 2. The van der Waals surface area contributed by atoms with Crippen molar-refractivity contribution < 1.29 is 24.6 Å². The molecule has 0 bridgehead atoms. The van der Waals surface area contributed by atoms with Gasteiger partial charge in [-0.1, -0.05) is 6.07 Å². The van der Waals surface area contributed by atoms with Gasteiger partial charge in [0, 0.05) is 26.4 Å². The van der Waals surface area contributed by atoms with E-state index in [-0.39, 0.29) is 30.6 Å². The normalized spacial score (nSPS) is 11.9. The molecule has 1 aromatic carbocycles. The molecular formula is C22H23N3O6S. The van der Waals surface area contributed by atoms with Crippen molar-refractivity contribution in [3.8, 4) is 0 Å². The minimum atomic E-state index is -1.18. The monoisotopic (exact) mass is 457 g/mol. The first-order chi connectivity index (χ1) is 15.1. The van der Waals surface area contributed by atoms with Crippen molar-refractivity contribution in [2.75, 3.05) is 11.9 Å². The van der Waals surface area contributed by atoms with Crippen LogP contribution in [0.15, 0.2) is 35.1 Å². The number of nitrogens with zero attached hydrogens (tertiary/aromatic N) is 2. The van der Waals surface area contributed by atoms with Gasteiger partial charge >= 0.3 is 11.9 Å². The summed E-state index contributed by atoms with van der Waals surface area (Å²) in [7, 11) is 1.86. The largest absolute Gasteiger partial charge is 0.481 e. The maximum Gasteiger partial charge on any atom is 0.306 e. The first kappa shape index (κ1) is 23.1. The first-order valence-electron chi connectivity index (χ1n) is 9.92. The molecular weight excluding hydrogens is 434 g/mol. The van der Waals surface area contributed by atoms with Gasteiger partial charge in [0.15, 0.2) is 5.78 Å². The van der Waals surface area contributed by atoms with Crippen LogP contribution in [0.25, 0.3) is 10.9 Å². The van der Waals surface area contributed by atoms with E-state index >= 15 is 0 Å². The lowest BCUT2D eigenvalue weighted by molar-refractivity contribution is -0.142. The number of aliphatic carboxylic acids is 2. The third-order valence-electron chi connectivity index (χ3n) is 5.04. The smallest absolute Gasteiger partial charge is 0.306 e. The molecule has 0 aliphatic rings. The standard InChI is InChI=1S/C22H23N3O6S/c1-12-23-16-5-3-13(9-15(16)21(29)24-12)11-25(2)19-7-6-18(32-19)17(26)10-14(22(30)31)4-8-20(27)28/h3,5-7,9,14H,4,8,10-11H2,1-2H3,(H,27,28)(H,30,31)(H,23,24,29)/t14-/m1/s1. The van der Waals surface area contributed by atoms with E-state index in [2.05, 4.69) is 9.97 Å². The number of anilines is 1. The fraction of sp³-hybridized carbons (Fsp3) is 0.318. The molecule has 9 nitrogen and oxygen atoms in total.